The number of carboxylic acid groups (broad SMARTS) is 1. The molecule has 110 valence electrons. The molecule has 0 fully saturated rings. The molecule has 0 bridgehead atoms. The van der Waals surface area contributed by atoms with E-state index in [0.717, 1.165) is 6.07 Å². The van der Waals surface area contributed by atoms with Crippen LogP contribution in [0.4, 0.5) is 10.5 Å². The molecular weight excluding hydrogens is 294 g/mol. The van der Waals surface area contributed by atoms with Crippen molar-refractivity contribution in [3.05, 3.63) is 54.1 Å². The Hall–Kier alpha value is -2.54. The Morgan fingerprint density at radius 2 is 1.71 bits per heavy atom. The molecule has 0 aliphatic carbocycles. The lowest BCUT2D eigenvalue weighted by Gasteiger charge is -2.20. The van der Waals surface area contributed by atoms with Gasteiger partial charge in [-0.3, -0.25) is 0 Å². The van der Waals surface area contributed by atoms with Gasteiger partial charge in [0.25, 0.3) is 10.0 Å². The van der Waals surface area contributed by atoms with Crippen molar-refractivity contribution >= 4 is 21.8 Å². The molecule has 0 atom stereocenters. The maximum atomic E-state index is 12.6. The first-order valence-electron chi connectivity index (χ1n) is 5.97. The molecule has 7 heteroatoms. The minimum atomic E-state index is -4.33. The molecule has 0 saturated carbocycles. The fourth-order valence-corrected chi connectivity index (χ4v) is 3.43. The van der Waals surface area contributed by atoms with E-state index in [-0.39, 0.29) is 20.6 Å². The van der Waals surface area contributed by atoms with Crippen LogP contribution in [0.3, 0.4) is 0 Å². The normalized spacial score (nSPS) is 11.1. The summed E-state index contributed by atoms with van der Waals surface area (Å²) in [5, 5.41) is 18.7. The van der Waals surface area contributed by atoms with Crippen LogP contribution >= 0.6 is 0 Å². The van der Waals surface area contributed by atoms with E-state index in [0.29, 0.717) is 5.56 Å². The van der Waals surface area contributed by atoms with Crippen molar-refractivity contribution in [1.29, 1.82) is 0 Å². The lowest BCUT2D eigenvalue weighted by Crippen LogP contribution is -2.36. The maximum absolute atomic E-state index is 12.6. The van der Waals surface area contributed by atoms with E-state index in [2.05, 4.69) is 0 Å². The van der Waals surface area contributed by atoms with E-state index in [1.165, 1.54) is 43.3 Å². The highest BCUT2D eigenvalue weighted by Crippen LogP contribution is 2.28. The van der Waals surface area contributed by atoms with Crippen molar-refractivity contribution in [3.8, 4) is 5.75 Å². The molecule has 0 unspecified atom stereocenters. The Bertz CT molecular complexity index is 771. The van der Waals surface area contributed by atoms with Crippen molar-refractivity contribution < 1.29 is 23.4 Å². The molecule has 6 nitrogen and oxygen atoms in total. The minimum absolute atomic E-state index is 0.00717. The molecule has 2 aromatic carbocycles. The molecule has 0 aromatic heterocycles. The second-order valence-corrected chi connectivity index (χ2v) is 6.09. The predicted octanol–water partition coefficient (Wildman–Crippen LogP) is 2.57. The zero-order valence-corrected chi connectivity index (χ0v) is 11.9. The van der Waals surface area contributed by atoms with Crippen LogP contribution in [0, 0.1) is 6.92 Å². The van der Waals surface area contributed by atoms with Crippen molar-refractivity contribution in [2.75, 3.05) is 4.31 Å². The fraction of sp³-hybridized carbons (Fsp3) is 0.0714. The number of hydrogen-bond acceptors (Lipinski definition) is 4. The molecule has 0 aliphatic rings. The number of aryl methyl sites for hydroxylation is 1. The first-order chi connectivity index (χ1) is 9.84. The SMILES string of the molecule is Cc1ccc(O)cc1S(=O)(=O)N(C(=O)O)c1ccccc1. The van der Waals surface area contributed by atoms with E-state index < -0.39 is 16.1 Å². The number of sulfonamides is 1. The van der Waals surface area contributed by atoms with E-state index in [1.807, 2.05) is 0 Å². The van der Waals surface area contributed by atoms with Crippen LogP contribution < -0.4 is 4.31 Å². The highest BCUT2D eigenvalue weighted by Gasteiger charge is 2.32. The molecule has 2 N–H and O–H groups in total. The van der Waals surface area contributed by atoms with Gasteiger partial charge in [0.15, 0.2) is 0 Å². The summed E-state index contributed by atoms with van der Waals surface area (Å²) < 4.78 is 25.4. The van der Waals surface area contributed by atoms with Gasteiger partial charge in [-0.25, -0.2) is 13.2 Å². The average Bonchev–Trinajstić information content (AvgIpc) is 2.42. The summed E-state index contributed by atoms with van der Waals surface area (Å²) in [5.41, 5.74) is 0.350. The Morgan fingerprint density at radius 1 is 1.10 bits per heavy atom. The molecular formula is C14H13NO5S. The Balaban J connectivity index is 2.64. The van der Waals surface area contributed by atoms with E-state index >= 15 is 0 Å². The molecule has 1 amide bonds. The van der Waals surface area contributed by atoms with Gasteiger partial charge in [-0.15, -0.1) is 0 Å². The van der Waals surface area contributed by atoms with Gasteiger partial charge >= 0.3 is 6.09 Å². The van der Waals surface area contributed by atoms with Gasteiger partial charge in [-0.05, 0) is 30.7 Å². The molecule has 2 aromatic rings. The topological polar surface area (TPSA) is 94.9 Å². The number of nitrogens with zero attached hydrogens (tertiary/aromatic N) is 1. The summed E-state index contributed by atoms with van der Waals surface area (Å²) in [4.78, 5) is 11.1. The van der Waals surface area contributed by atoms with Crippen LogP contribution in [0.1, 0.15) is 5.56 Å². The summed E-state index contributed by atoms with van der Waals surface area (Å²) in [6.07, 6.45) is -1.62. The third kappa shape index (κ3) is 2.82. The number of aromatic hydroxyl groups is 1. The van der Waals surface area contributed by atoms with E-state index in [4.69, 9.17) is 0 Å². The van der Waals surface area contributed by atoms with Gasteiger partial charge in [0.05, 0.1) is 10.6 Å². The van der Waals surface area contributed by atoms with Crippen LogP contribution in [0.5, 0.6) is 5.75 Å². The molecule has 0 radical (unpaired) electrons. The Labute approximate surface area is 121 Å². The number of hydrogen-bond donors (Lipinski definition) is 2. The zero-order chi connectivity index (χ0) is 15.6. The number of carbonyl (C=O) groups is 1. The predicted molar refractivity (Wildman–Crippen MR) is 77.0 cm³/mol. The quantitative estimate of drug-likeness (QED) is 0.908. The molecule has 2 rings (SSSR count). The number of phenolic OH excluding ortho intramolecular Hbond substituents is 1. The number of phenols is 1. The first kappa shape index (κ1) is 14.9. The van der Waals surface area contributed by atoms with Crippen molar-refractivity contribution in [2.45, 2.75) is 11.8 Å². The van der Waals surface area contributed by atoms with Crippen molar-refractivity contribution in [3.63, 3.8) is 0 Å². The van der Waals surface area contributed by atoms with E-state index in [9.17, 15) is 23.4 Å². The van der Waals surface area contributed by atoms with Gasteiger partial charge in [-0.1, -0.05) is 24.3 Å². The molecule has 21 heavy (non-hydrogen) atoms. The zero-order valence-electron chi connectivity index (χ0n) is 11.1. The summed E-state index contributed by atoms with van der Waals surface area (Å²) in [6, 6.07) is 11.3. The van der Waals surface area contributed by atoms with E-state index in [1.54, 1.807) is 6.07 Å². The fourth-order valence-electron chi connectivity index (χ4n) is 1.88. The third-order valence-electron chi connectivity index (χ3n) is 2.85. The van der Waals surface area contributed by atoms with Gasteiger partial charge in [0.2, 0.25) is 0 Å². The summed E-state index contributed by atoms with van der Waals surface area (Å²) in [7, 11) is -4.33. The third-order valence-corrected chi connectivity index (χ3v) is 4.70. The highest BCUT2D eigenvalue weighted by atomic mass is 32.2. The summed E-state index contributed by atoms with van der Waals surface area (Å²) in [5.74, 6) is -0.252. The minimum Gasteiger partial charge on any atom is -0.508 e. The number of benzene rings is 2. The van der Waals surface area contributed by atoms with Gasteiger partial charge in [0, 0.05) is 6.07 Å². The number of anilines is 1. The summed E-state index contributed by atoms with van der Waals surface area (Å²) >= 11 is 0. The smallest absolute Gasteiger partial charge is 0.426 e. The van der Waals surface area contributed by atoms with Gasteiger partial charge in [0.1, 0.15) is 5.75 Å². The van der Waals surface area contributed by atoms with Crippen LogP contribution in [0.2, 0.25) is 0 Å². The highest BCUT2D eigenvalue weighted by molar-refractivity contribution is 7.93. The van der Waals surface area contributed by atoms with Gasteiger partial charge < -0.3 is 10.2 Å². The molecule has 0 saturated heterocycles. The molecule has 0 spiro atoms. The second-order valence-electron chi connectivity index (χ2n) is 4.34. The van der Waals surface area contributed by atoms with Crippen LogP contribution in [-0.4, -0.2) is 24.7 Å². The Morgan fingerprint density at radius 3 is 2.29 bits per heavy atom. The molecule has 0 heterocycles. The average molecular weight is 307 g/mol. The Kier molecular flexibility index (Phi) is 3.86. The largest absolute Gasteiger partial charge is 0.508 e. The van der Waals surface area contributed by atoms with Crippen LogP contribution in [0.25, 0.3) is 0 Å². The lowest BCUT2D eigenvalue weighted by molar-refractivity contribution is 0.206. The first-order valence-corrected chi connectivity index (χ1v) is 7.41. The van der Waals surface area contributed by atoms with Gasteiger partial charge in [-0.2, -0.15) is 4.31 Å². The monoisotopic (exact) mass is 307 g/mol. The lowest BCUT2D eigenvalue weighted by atomic mass is 10.2. The molecule has 0 aliphatic heterocycles. The second kappa shape index (κ2) is 5.45. The standard InChI is InChI=1S/C14H13NO5S/c1-10-7-8-12(16)9-13(10)21(19,20)15(14(17)18)11-5-3-2-4-6-11/h2-9,16H,1H3,(H,17,18). The summed E-state index contributed by atoms with van der Waals surface area (Å²) in [6.45, 7) is 1.53. The maximum Gasteiger partial charge on any atom is 0.426 e. The van der Waals surface area contributed by atoms with Crippen LogP contribution in [-0.2, 0) is 10.0 Å². The van der Waals surface area contributed by atoms with Crippen LogP contribution in [0.15, 0.2) is 53.4 Å². The number of amides is 1. The van der Waals surface area contributed by atoms with Crippen molar-refractivity contribution in [2.24, 2.45) is 0 Å². The number of rotatable bonds is 3. The number of para-hydroxylation sites is 1. The van der Waals surface area contributed by atoms with Crippen molar-refractivity contribution in [1.82, 2.24) is 0 Å².